The fraction of sp³-hybridized carbons (Fsp3) is 0.0769. The molecule has 0 aromatic heterocycles. The Balaban J connectivity index is 2.60. The zero-order valence-corrected chi connectivity index (χ0v) is 11.3. The molecule has 0 radical (unpaired) electrons. The summed E-state index contributed by atoms with van der Waals surface area (Å²) in [5, 5.41) is 10.2. The van der Waals surface area contributed by atoms with Crippen LogP contribution in [0.15, 0.2) is 36.4 Å². The number of hydrogen-bond acceptors (Lipinski definition) is 3. The van der Waals surface area contributed by atoms with Gasteiger partial charge in [-0.3, -0.25) is 10.1 Å². The third-order valence-corrected chi connectivity index (χ3v) is 2.92. The first-order valence-corrected chi connectivity index (χ1v) is 6.05. The molecule has 2 aromatic rings. The van der Waals surface area contributed by atoms with E-state index < -0.39 is 39.1 Å². The van der Waals surface area contributed by atoms with Crippen molar-refractivity contribution < 1.29 is 27.2 Å². The lowest BCUT2D eigenvalue weighted by Gasteiger charge is -2.14. The van der Waals surface area contributed by atoms with Gasteiger partial charge in [-0.15, -0.1) is 13.2 Å². The van der Waals surface area contributed by atoms with E-state index in [0.717, 1.165) is 18.2 Å². The average molecular weight is 336 g/mol. The quantitative estimate of drug-likeness (QED) is 0.453. The summed E-state index contributed by atoms with van der Waals surface area (Å²) in [7, 11) is 0. The Morgan fingerprint density at radius 2 is 1.82 bits per heavy atom. The van der Waals surface area contributed by atoms with E-state index in [4.69, 9.17) is 11.6 Å². The number of halogens is 5. The molecule has 0 aliphatic carbocycles. The van der Waals surface area contributed by atoms with Gasteiger partial charge in [-0.25, -0.2) is 4.39 Å². The van der Waals surface area contributed by atoms with Crippen molar-refractivity contribution in [2.24, 2.45) is 0 Å². The molecular weight excluding hydrogens is 330 g/mol. The molecule has 0 heterocycles. The van der Waals surface area contributed by atoms with Gasteiger partial charge in [0.05, 0.1) is 16.0 Å². The summed E-state index contributed by atoms with van der Waals surface area (Å²) in [5.74, 6) is -1.79. The van der Waals surface area contributed by atoms with Gasteiger partial charge < -0.3 is 4.74 Å². The lowest BCUT2D eigenvalue weighted by Crippen LogP contribution is -2.17. The number of non-ortho nitro benzene ring substituents is 1. The van der Waals surface area contributed by atoms with Crippen LogP contribution in [0.3, 0.4) is 0 Å². The second-order valence-electron chi connectivity index (χ2n) is 4.09. The first-order chi connectivity index (χ1) is 10.2. The van der Waals surface area contributed by atoms with E-state index in [2.05, 4.69) is 4.74 Å². The van der Waals surface area contributed by atoms with Gasteiger partial charge in [-0.05, 0) is 6.07 Å². The maximum absolute atomic E-state index is 14.0. The molecule has 0 saturated carbocycles. The molecule has 2 aromatic carbocycles. The molecule has 0 aliphatic rings. The maximum Gasteiger partial charge on any atom is 0.573 e. The van der Waals surface area contributed by atoms with Gasteiger partial charge in [0.25, 0.3) is 5.69 Å². The SMILES string of the molecule is O=[N+]([O-])c1cc(F)c(-c2ccccc2OC(F)(F)F)c(Cl)c1. The van der Waals surface area contributed by atoms with E-state index in [1.54, 1.807) is 0 Å². The van der Waals surface area contributed by atoms with Crippen molar-refractivity contribution >= 4 is 17.3 Å². The van der Waals surface area contributed by atoms with Crippen LogP contribution >= 0.6 is 11.6 Å². The smallest absolute Gasteiger partial charge is 0.405 e. The highest BCUT2D eigenvalue weighted by Crippen LogP contribution is 2.40. The zero-order valence-electron chi connectivity index (χ0n) is 10.5. The van der Waals surface area contributed by atoms with Crippen LogP contribution in [-0.4, -0.2) is 11.3 Å². The summed E-state index contributed by atoms with van der Waals surface area (Å²) < 4.78 is 55.0. The predicted molar refractivity (Wildman–Crippen MR) is 70.2 cm³/mol. The molecule has 0 amide bonds. The van der Waals surface area contributed by atoms with Crippen LogP contribution in [0.5, 0.6) is 5.75 Å². The van der Waals surface area contributed by atoms with Crippen LogP contribution in [0, 0.1) is 15.9 Å². The van der Waals surface area contributed by atoms with Gasteiger partial charge in [0.15, 0.2) is 0 Å². The molecule has 0 bridgehead atoms. The fourth-order valence-electron chi connectivity index (χ4n) is 1.81. The Morgan fingerprint density at radius 1 is 1.18 bits per heavy atom. The summed E-state index contributed by atoms with van der Waals surface area (Å²) in [6.07, 6.45) is -4.97. The lowest BCUT2D eigenvalue weighted by molar-refractivity contribution is -0.385. The summed E-state index contributed by atoms with van der Waals surface area (Å²) in [6, 6.07) is 6.20. The maximum atomic E-state index is 14.0. The number of hydrogen-bond donors (Lipinski definition) is 0. The average Bonchev–Trinajstić information content (AvgIpc) is 2.38. The van der Waals surface area contributed by atoms with E-state index in [1.165, 1.54) is 12.1 Å². The topological polar surface area (TPSA) is 52.4 Å². The number of nitro groups is 1. The van der Waals surface area contributed by atoms with E-state index in [-0.39, 0.29) is 5.56 Å². The number of nitro benzene ring substituents is 1. The summed E-state index contributed by atoms with van der Waals surface area (Å²) in [5.41, 5.74) is -1.29. The molecule has 0 aliphatic heterocycles. The molecule has 116 valence electrons. The first-order valence-electron chi connectivity index (χ1n) is 5.67. The largest absolute Gasteiger partial charge is 0.573 e. The van der Waals surface area contributed by atoms with Crippen LogP contribution in [-0.2, 0) is 0 Å². The molecule has 0 atom stereocenters. The first kappa shape index (κ1) is 16.0. The van der Waals surface area contributed by atoms with E-state index in [9.17, 15) is 27.7 Å². The van der Waals surface area contributed by atoms with Crippen molar-refractivity contribution in [2.45, 2.75) is 6.36 Å². The third-order valence-electron chi connectivity index (χ3n) is 2.62. The highest BCUT2D eigenvalue weighted by Gasteiger charge is 2.33. The molecule has 0 fully saturated rings. The van der Waals surface area contributed by atoms with Crippen LogP contribution in [0.4, 0.5) is 23.2 Å². The molecule has 0 unspecified atom stereocenters. The third kappa shape index (κ3) is 3.45. The number of rotatable bonds is 3. The van der Waals surface area contributed by atoms with Crippen LogP contribution in [0.2, 0.25) is 5.02 Å². The van der Waals surface area contributed by atoms with Gasteiger partial charge in [0, 0.05) is 17.2 Å². The highest BCUT2D eigenvalue weighted by atomic mass is 35.5. The minimum atomic E-state index is -4.97. The lowest BCUT2D eigenvalue weighted by atomic mass is 10.0. The number of alkyl halides is 3. The standard InChI is InChI=1S/C13H6ClF4NO3/c14-9-5-7(19(20)21)6-10(15)12(9)8-3-1-2-4-11(8)22-13(16,17)18/h1-6H. The van der Waals surface area contributed by atoms with Gasteiger partial charge in [0.2, 0.25) is 0 Å². The van der Waals surface area contributed by atoms with E-state index >= 15 is 0 Å². The molecule has 0 N–H and O–H groups in total. The summed E-state index contributed by atoms with van der Waals surface area (Å²) in [6.45, 7) is 0. The number of nitrogens with zero attached hydrogens (tertiary/aromatic N) is 1. The predicted octanol–water partition coefficient (Wildman–Crippen LogP) is 4.95. The molecule has 2 rings (SSSR count). The van der Waals surface area contributed by atoms with Gasteiger partial charge in [-0.1, -0.05) is 29.8 Å². The number of para-hydroxylation sites is 1. The zero-order chi connectivity index (χ0) is 16.5. The second kappa shape index (κ2) is 5.80. The minimum Gasteiger partial charge on any atom is -0.405 e. The van der Waals surface area contributed by atoms with E-state index in [1.807, 2.05) is 0 Å². The van der Waals surface area contributed by atoms with Crippen molar-refractivity contribution in [3.8, 4) is 16.9 Å². The van der Waals surface area contributed by atoms with Crippen molar-refractivity contribution in [3.05, 3.63) is 57.4 Å². The molecule has 9 heteroatoms. The van der Waals surface area contributed by atoms with Crippen LogP contribution in [0.1, 0.15) is 0 Å². The monoisotopic (exact) mass is 335 g/mol. The van der Waals surface area contributed by atoms with Crippen molar-refractivity contribution in [3.63, 3.8) is 0 Å². The molecule has 0 spiro atoms. The fourth-order valence-corrected chi connectivity index (χ4v) is 2.11. The van der Waals surface area contributed by atoms with Crippen LogP contribution in [0.25, 0.3) is 11.1 Å². The Labute approximate surface area is 126 Å². The minimum absolute atomic E-state index is 0.266. The van der Waals surface area contributed by atoms with E-state index in [0.29, 0.717) is 6.07 Å². The second-order valence-corrected chi connectivity index (χ2v) is 4.49. The Kier molecular flexibility index (Phi) is 4.23. The normalized spacial score (nSPS) is 11.3. The number of benzene rings is 2. The molecular formula is C13H6ClF4NO3. The van der Waals surface area contributed by atoms with Crippen molar-refractivity contribution in [2.75, 3.05) is 0 Å². The Morgan fingerprint density at radius 3 is 2.36 bits per heavy atom. The van der Waals surface area contributed by atoms with Gasteiger partial charge >= 0.3 is 6.36 Å². The summed E-state index contributed by atoms with van der Waals surface area (Å²) in [4.78, 5) is 9.75. The van der Waals surface area contributed by atoms with Gasteiger partial charge in [-0.2, -0.15) is 0 Å². The molecule has 0 saturated heterocycles. The Bertz CT molecular complexity index is 710. The molecule has 22 heavy (non-hydrogen) atoms. The number of ether oxygens (including phenoxy) is 1. The molecule has 4 nitrogen and oxygen atoms in total. The Hall–Kier alpha value is -2.35. The van der Waals surface area contributed by atoms with Crippen molar-refractivity contribution in [1.29, 1.82) is 0 Å². The van der Waals surface area contributed by atoms with Crippen LogP contribution < -0.4 is 4.74 Å². The summed E-state index contributed by atoms with van der Waals surface area (Å²) >= 11 is 5.78. The highest BCUT2D eigenvalue weighted by molar-refractivity contribution is 6.33. The van der Waals surface area contributed by atoms with Gasteiger partial charge in [0.1, 0.15) is 11.6 Å². The van der Waals surface area contributed by atoms with Crippen molar-refractivity contribution in [1.82, 2.24) is 0 Å².